The van der Waals surface area contributed by atoms with Crippen molar-refractivity contribution in [3.63, 3.8) is 0 Å². The van der Waals surface area contributed by atoms with Crippen molar-refractivity contribution >= 4 is 12.0 Å². The van der Waals surface area contributed by atoms with E-state index in [2.05, 4.69) is 27.4 Å². The normalized spacial score (nSPS) is 17.2. The number of benzene rings is 1. The van der Waals surface area contributed by atoms with Gasteiger partial charge in [-0.25, -0.2) is 5.48 Å². The molecular weight excluding hydrogens is 266 g/mol. The molecule has 1 heterocycles. The van der Waals surface area contributed by atoms with E-state index in [0.29, 0.717) is 6.04 Å². The topological polar surface area (TPSA) is 67.6 Å². The van der Waals surface area contributed by atoms with Crippen molar-refractivity contribution in [1.29, 1.82) is 0 Å². The molecule has 0 saturated carbocycles. The van der Waals surface area contributed by atoms with Crippen molar-refractivity contribution in [3.05, 3.63) is 41.5 Å². The molecule has 0 atom stereocenters. The van der Waals surface area contributed by atoms with Crippen LogP contribution in [0.3, 0.4) is 0 Å². The molecule has 3 N–H and O–H groups in total. The second-order valence-electron chi connectivity index (χ2n) is 5.36. The van der Waals surface area contributed by atoms with Gasteiger partial charge in [0.25, 0.3) is 5.91 Å². The minimum atomic E-state index is -0.270. The molecular formula is C16H23N3O2. The van der Waals surface area contributed by atoms with Gasteiger partial charge in [-0.2, -0.15) is 0 Å². The Morgan fingerprint density at radius 1 is 1.48 bits per heavy atom. The smallest absolute Gasteiger partial charge is 0.267 e. The fourth-order valence-electron chi connectivity index (χ4n) is 2.47. The number of carbonyl (C=O) groups excluding carboxylic acids is 1. The minimum absolute atomic E-state index is 0.270. The summed E-state index contributed by atoms with van der Waals surface area (Å²) in [5, 5.41) is 0. The zero-order chi connectivity index (χ0) is 15.1. The first-order valence-corrected chi connectivity index (χ1v) is 7.25. The largest absolute Gasteiger partial charge is 0.328 e. The second-order valence-corrected chi connectivity index (χ2v) is 5.36. The number of nitrogens with zero attached hydrogens (tertiary/aromatic N) is 1. The zero-order valence-corrected chi connectivity index (χ0v) is 12.4. The molecule has 1 aliphatic rings. The summed E-state index contributed by atoms with van der Waals surface area (Å²) >= 11 is 0. The van der Waals surface area contributed by atoms with Crippen LogP contribution in [0.1, 0.15) is 24.0 Å². The van der Waals surface area contributed by atoms with Gasteiger partial charge in [0.15, 0.2) is 0 Å². The first kappa shape index (κ1) is 15.7. The highest BCUT2D eigenvalue weighted by Gasteiger charge is 2.15. The highest BCUT2D eigenvalue weighted by Crippen LogP contribution is 2.14. The molecule has 5 nitrogen and oxygen atoms in total. The van der Waals surface area contributed by atoms with Gasteiger partial charge >= 0.3 is 0 Å². The molecule has 0 aliphatic carbocycles. The van der Waals surface area contributed by atoms with E-state index >= 15 is 0 Å². The van der Waals surface area contributed by atoms with E-state index in [4.69, 9.17) is 5.73 Å². The van der Waals surface area contributed by atoms with Gasteiger partial charge in [0, 0.05) is 18.7 Å². The number of amides is 1. The van der Waals surface area contributed by atoms with E-state index in [-0.39, 0.29) is 5.91 Å². The van der Waals surface area contributed by atoms with Crippen molar-refractivity contribution < 1.29 is 9.63 Å². The molecule has 0 aromatic heterocycles. The summed E-state index contributed by atoms with van der Waals surface area (Å²) in [6.45, 7) is 3.04. The summed E-state index contributed by atoms with van der Waals surface area (Å²) in [5.41, 5.74) is 10.4. The van der Waals surface area contributed by atoms with Crippen LogP contribution in [0.4, 0.5) is 0 Å². The standard InChI is InChI=1S/C16H23N3O2/c1-21-18-16(20)6-5-13-3-2-4-14(11-13)12-19-9-7-15(17)8-10-19/h2-6,11,15H,7-10,12,17H2,1H3,(H,18,20)/b6-5+. The Hall–Kier alpha value is -1.69. The van der Waals surface area contributed by atoms with Crippen LogP contribution in [-0.4, -0.2) is 37.0 Å². The molecule has 1 saturated heterocycles. The monoisotopic (exact) mass is 289 g/mol. The number of nitrogens with two attached hydrogens (primary N) is 1. The Balaban J connectivity index is 1.93. The van der Waals surface area contributed by atoms with Crippen LogP contribution < -0.4 is 11.2 Å². The van der Waals surface area contributed by atoms with Crippen molar-refractivity contribution in [2.45, 2.75) is 25.4 Å². The fourth-order valence-corrected chi connectivity index (χ4v) is 2.47. The lowest BCUT2D eigenvalue weighted by Crippen LogP contribution is -2.39. The average molecular weight is 289 g/mol. The third-order valence-corrected chi connectivity index (χ3v) is 3.62. The predicted molar refractivity (Wildman–Crippen MR) is 83.1 cm³/mol. The number of nitrogens with one attached hydrogen (secondary N) is 1. The van der Waals surface area contributed by atoms with E-state index < -0.39 is 0 Å². The van der Waals surface area contributed by atoms with Crippen LogP contribution in [0.2, 0.25) is 0 Å². The van der Waals surface area contributed by atoms with Crippen LogP contribution >= 0.6 is 0 Å². The Kier molecular flexibility index (Phi) is 5.92. The lowest BCUT2D eigenvalue weighted by atomic mass is 10.0. The van der Waals surface area contributed by atoms with Crippen LogP contribution in [0.5, 0.6) is 0 Å². The molecule has 5 heteroatoms. The van der Waals surface area contributed by atoms with Crippen LogP contribution in [-0.2, 0) is 16.2 Å². The summed E-state index contributed by atoms with van der Waals surface area (Å²) in [6.07, 6.45) is 5.38. The highest BCUT2D eigenvalue weighted by molar-refractivity contribution is 5.90. The Morgan fingerprint density at radius 2 is 2.24 bits per heavy atom. The van der Waals surface area contributed by atoms with Crippen molar-refractivity contribution in [3.8, 4) is 0 Å². The molecule has 114 valence electrons. The summed E-state index contributed by atoms with van der Waals surface area (Å²) in [4.78, 5) is 18.3. The number of rotatable bonds is 5. The Labute approximate surface area is 125 Å². The highest BCUT2D eigenvalue weighted by atomic mass is 16.6. The van der Waals surface area contributed by atoms with Gasteiger partial charge in [-0.15, -0.1) is 0 Å². The van der Waals surface area contributed by atoms with Gasteiger partial charge < -0.3 is 5.73 Å². The summed E-state index contributed by atoms with van der Waals surface area (Å²) in [7, 11) is 1.41. The zero-order valence-electron chi connectivity index (χ0n) is 12.4. The third kappa shape index (κ3) is 5.30. The van der Waals surface area contributed by atoms with E-state index in [1.807, 2.05) is 12.1 Å². The molecule has 0 unspecified atom stereocenters. The van der Waals surface area contributed by atoms with Gasteiger partial charge in [-0.1, -0.05) is 24.3 Å². The molecule has 1 fully saturated rings. The van der Waals surface area contributed by atoms with Crippen molar-refractivity contribution in [1.82, 2.24) is 10.4 Å². The Bertz CT molecular complexity index is 494. The molecule has 0 radical (unpaired) electrons. The molecule has 0 spiro atoms. The van der Waals surface area contributed by atoms with Crippen molar-refractivity contribution in [2.24, 2.45) is 5.73 Å². The van der Waals surface area contributed by atoms with Crippen molar-refractivity contribution in [2.75, 3.05) is 20.2 Å². The number of hydroxylamine groups is 1. The predicted octanol–water partition coefficient (Wildman–Crippen LogP) is 1.30. The number of piperidine rings is 1. The quantitative estimate of drug-likeness (QED) is 0.633. The first-order valence-electron chi connectivity index (χ1n) is 7.25. The van der Waals surface area contributed by atoms with Crippen LogP contribution in [0, 0.1) is 0 Å². The van der Waals surface area contributed by atoms with Gasteiger partial charge in [0.1, 0.15) is 0 Å². The summed E-state index contributed by atoms with van der Waals surface area (Å²) < 4.78 is 0. The summed E-state index contributed by atoms with van der Waals surface area (Å²) in [5.74, 6) is -0.270. The van der Waals surface area contributed by atoms with E-state index in [0.717, 1.165) is 38.0 Å². The van der Waals surface area contributed by atoms with Crippen LogP contribution in [0.25, 0.3) is 6.08 Å². The minimum Gasteiger partial charge on any atom is -0.328 e. The third-order valence-electron chi connectivity index (χ3n) is 3.62. The SMILES string of the molecule is CONC(=O)/C=C/c1cccc(CN2CCC(N)CC2)c1. The van der Waals surface area contributed by atoms with Crippen LogP contribution in [0.15, 0.2) is 30.3 Å². The Morgan fingerprint density at radius 3 is 2.95 bits per heavy atom. The summed E-state index contributed by atoms with van der Waals surface area (Å²) in [6, 6.07) is 8.56. The average Bonchev–Trinajstić information content (AvgIpc) is 2.48. The fraction of sp³-hybridized carbons (Fsp3) is 0.438. The molecule has 1 aliphatic heterocycles. The maximum atomic E-state index is 11.3. The lowest BCUT2D eigenvalue weighted by molar-refractivity contribution is -0.126. The first-order chi connectivity index (χ1) is 10.2. The maximum Gasteiger partial charge on any atom is 0.267 e. The van der Waals surface area contributed by atoms with Gasteiger partial charge in [0.05, 0.1) is 7.11 Å². The number of hydrogen-bond donors (Lipinski definition) is 2. The maximum absolute atomic E-state index is 11.3. The number of hydrogen-bond acceptors (Lipinski definition) is 4. The molecule has 1 aromatic carbocycles. The van der Waals surface area contributed by atoms with Gasteiger partial charge in [0.2, 0.25) is 0 Å². The van der Waals surface area contributed by atoms with E-state index in [1.54, 1.807) is 6.08 Å². The molecule has 2 rings (SSSR count). The lowest BCUT2D eigenvalue weighted by Gasteiger charge is -2.30. The van der Waals surface area contributed by atoms with E-state index in [9.17, 15) is 4.79 Å². The molecule has 0 bridgehead atoms. The van der Waals surface area contributed by atoms with Gasteiger partial charge in [-0.05, 0) is 43.1 Å². The number of likely N-dealkylation sites (tertiary alicyclic amines) is 1. The second kappa shape index (κ2) is 7.93. The molecule has 21 heavy (non-hydrogen) atoms. The van der Waals surface area contributed by atoms with E-state index in [1.165, 1.54) is 18.7 Å². The molecule has 1 amide bonds. The van der Waals surface area contributed by atoms with Gasteiger partial charge in [-0.3, -0.25) is 14.5 Å². The molecule has 1 aromatic rings. The number of carbonyl (C=O) groups is 1.